The van der Waals surface area contributed by atoms with Crippen molar-refractivity contribution in [2.45, 2.75) is 24.0 Å². The van der Waals surface area contributed by atoms with Gasteiger partial charge < -0.3 is 10.1 Å². The van der Waals surface area contributed by atoms with Crippen molar-refractivity contribution in [2.24, 2.45) is 0 Å². The molecule has 4 heterocycles. The Hall–Kier alpha value is -2.40. The van der Waals surface area contributed by atoms with Crippen molar-refractivity contribution >= 4 is 40.3 Å². The fraction of sp³-hybridized carbons (Fsp3) is 0.455. The van der Waals surface area contributed by atoms with Crippen LogP contribution in [0.3, 0.4) is 0 Å². The smallest absolute Gasteiger partial charge is 0.265 e. The summed E-state index contributed by atoms with van der Waals surface area (Å²) in [4.78, 5) is 32.8. The van der Waals surface area contributed by atoms with Crippen LogP contribution in [-0.4, -0.2) is 75.3 Å². The van der Waals surface area contributed by atoms with Gasteiger partial charge in [-0.25, -0.2) is 9.67 Å². The molecule has 1 saturated heterocycles. The molecule has 11 heteroatoms. The number of amides is 1. The number of carbonyl (C=O) groups excluding carboxylic acids is 1. The fourth-order valence-corrected chi connectivity index (χ4v) is 5.53. The second kappa shape index (κ2) is 9.84. The van der Waals surface area contributed by atoms with Crippen molar-refractivity contribution in [3.8, 4) is 5.69 Å². The molecular formula is C22H25ClN6O3S. The van der Waals surface area contributed by atoms with Gasteiger partial charge in [0.2, 0.25) is 5.91 Å². The molecule has 0 spiro atoms. The van der Waals surface area contributed by atoms with Crippen LogP contribution < -0.4 is 10.9 Å². The molecular weight excluding hydrogens is 464 g/mol. The molecule has 174 valence electrons. The molecule has 1 N–H and O–H groups in total. The van der Waals surface area contributed by atoms with Gasteiger partial charge in [-0.05, 0) is 31.2 Å². The normalized spacial score (nSPS) is 18.5. The molecule has 2 aliphatic rings. The number of morpholine rings is 1. The minimum atomic E-state index is -0.219. The Bertz CT molecular complexity index is 1220. The van der Waals surface area contributed by atoms with Gasteiger partial charge in [-0.1, -0.05) is 29.4 Å². The number of nitrogens with zero attached hydrogens (tertiary/aromatic N) is 5. The van der Waals surface area contributed by atoms with Crippen LogP contribution in [0.1, 0.15) is 18.9 Å². The molecule has 0 bridgehead atoms. The largest absolute Gasteiger partial charge is 0.379 e. The quantitative estimate of drug-likeness (QED) is 0.402. The zero-order valence-corrected chi connectivity index (χ0v) is 19.6. The summed E-state index contributed by atoms with van der Waals surface area (Å²) >= 11 is 7.60. The number of benzene rings is 1. The Morgan fingerprint density at radius 1 is 1.30 bits per heavy atom. The van der Waals surface area contributed by atoms with E-state index in [-0.39, 0.29) is 23.9 Å². The number of fused-ring (bicyclic) bond motifs is 2. The van der Waals surface area contributed by atoms with Gasteiger partial charge in [0, 0.05) is 36.8 Å². The van der Waals surface area contributed by atoms with Crippen LogP contribution in [0, 0.1) is 0 Å². The zero-order chi connectivity index (χ0) is 22.8. The zero-order valence-electron chi connectivity index (χ0n) is 18.1. The first-order valence-electron chi connectivity index (χ1n) is 11.1. The van der Waals surface area contributed by atoms with Crippen molar-refractivity contribution in [1.29, 1.82) is 0 Å². The summed E-state index contributed by atoms with van der Waals surface area (Å²) in [5.74, 6) is 0.595. The van der Waals surface area contributed by atoms with E-state index in [0.29, 0.717) is 33.5 Å². The van der Waals surface area contributed by atoms with Crippen molar-refractivity contribution in [2.75, 3.05) is 45.1 Å². The van der Waals surface area contributed by atoms with Crippen molar-refractivity contribution in [3.05, 3.63) is 45.8 Å². The molecule has 1 atom stereocenters. The third-order valence-electron chi connectivity index (χ3n) is 5.92. The van der Waals surface area contributed by atoms with E-state index < -0.39 is 0 Å². The molecule has 2 aliphatic heterocycles. The number of carbonyl (C=O) groups is 1. The molecule has 33 heavy (non-hydrogen) atoms. The molecule has 9 nitrogen and oxygen atoms in total. The number of hydrogen-bond acceptors (Lipinski definition) is 7. The summed E-state index contributed by atoms with van der Waals surface area (Å²) in [6, 6.07) is 7.04. The van der Waals surface area contributed by atoms with E-state index in [4.69, 9.17) is 21.3 Å². The van der Waals surface area contributed by atoms with Gasteiger partial charge in [-0.3, -0.25) is 19.1 Å². The highest BCUT2D eigenvalue weighted by atomic mass is 35.5. The van der Waals surface area contributed by atoms with E-state index in [0.717, 1.165) is 45.0 Å². The van der Waals surface area contributed by atoms with Gasteiger partial charge in [0.25, 0.3) is 5.56 Å². The van der Waals surface area contributed by atoms with Gasteiger partial charge in [0.05, 0.1) is 31.1 Å². The van der Waals surface area contributed by atoms with Crippen molar-refractivity contribution in [1.82, 2.24) is 29.5 Å². The van der Waals surface area contributed by atoms with Crippen LogP contribution in [-0.2, 0) is 9.53 Å². The number of aromatic nitrogens is 4. The molecule has 0 aliphatic carbocycles. The van der Waals surface area contributed by atoms with E-state index in [9.17, 15) is 9.59 Å². The summed E-state index contributed by atoms with van der Waals surface area (Å²) in [7, 11) is 0. The third-order valence-corrected chi connectivity index (χ3v) is 7.25. The van der Waals surface area contributed by atoms with Crippen LogP contribution in [0.25, 0.3) is 16.7 Å². The minimum absolute atomic E-state index is 0.0444. The van der Waals surface area contributed by atoms with Gasteiger partial charge in [0.15, 0.2) is 10.8 Å². The predicted octanol–water partition coefficient (Wildman–Crippen LogP) is 2.11. The number of ether oxygens (including phenoxy) is 1. The standard InChI is InChI=1S/C22H25ClN6O3S/c23-15-3-1-4-16(11-15)29-20-18(13-25-29)21(31)28-17(14-33-22(28)26-20)12-19(30)24-5-2-6-27-7-9-32-10-8-27/h1,3-4,11,13,17H,2,5-10,12,14H2,(H,24,30). The number of halogens is 1. The maximum atomic E-state index is 13.2. The average Bonchev–Trinajstić information content (AvgIpc) is 3.42. The first-order chi connectivity index (χ1) is 16.1. The number of thioether (sulfide) groups is 1. The monoisotopic (exact) mass is 488 g/mol. The number of nitrogens with one attached hydrogen (secondary N) is 1. The van der Waals surface area contributed by atoms with E-state index in [2.05, 4.69) is 15.3 Å². The van der Waals surface area contributed by atoms with E-state index in [1.165, 1.54) is 18.0 Å². The summed E-state index contributed by atoms with van der Waals surface area (Å²) in [5.41, 5.74) is 1.07. The van der Waals surface area contributed by atoms with Crippen molar-refractivity contribution < 1.29 is 9.53 Å². The molecule has 0 saturated carbocycles. The summed E-state index contributed by atoms with van der Waals surface area (Å²) in [5, 5.41) is 8.98. The van der Waals surface area contributed by atoms with Crippen LogP contribution >= 0.6 is 23.4 Å². The van der Waals surface area contributed by atoms with Crippen LogP contribution in [0.4, 0.5) is 0 Å². The number of rotatable bonds is 7. The lowest BCUT2D eigenvalue weighted by Gasteiger charge is -2.26. The SMILES string of the molecule is O=C(CC1CSc2nc3c(cnn3-c3cccc(Cl)c3)c(=O)n21)NCCCN1CCOCC1. The van der Waals surface area contributed by atoms with Crippen LogP contribution in [0.5, 0.6) is 0 Å². The summed E-state index contributed by atoms with van der Waals surface area (Å²) in [6.07, 6.45) is 2.68. The first-order valence-corrected chi connectivity index (χ1v) is 12.4. The summed E-state index contributed by atoms with van der Waals surface area (Å²) in [6.45, 7) is 5.02. The molecule has 0 radical (unpaired) electrons. The molecule has 2 aromatic heterocycles. The second-order valence-electron chi connectivity index (χ2n) is 8.17. The lowest BCUT2D eigenvalue weighted by Crippen LogP contribution is -2.38. The lowest BCUT2D eigenvalue weighted by atomic mass is 10.2. The van der Waals surface area contributed by atoms with Gasteiger partial charge in [-0.15, -0.1) is 0 Å². The summed E-state index contributed by atoms with van der Waals surface area (Å²) < 4.78 is 8.62. The first kappa shape index (κ1) is 22.4. The highest BCUT2D eigenvalue weighted by Crippen LogP contribution is 2.33. The van der Waals surface area contributed by atoms with E-state index in [1.807, 2.05) is 12.1 Å². The number of hydrogen-bond donors (Lipinski definition) is 1. The van der Waals surface area contributed by atoms with Crippen LogP contribution in [0.2, 0.25) is 5.02 Å². The van der Waals surface area contributed by atoms with Crippen molar-refractivity contribution in [3.63, 3.8) is 0 Å². The minimum Gasteiger partial charge on any atom is -0.379 e. The van der Waals surface area contributed by atoms with Gasteiger partial charge in [0.1, 0.15) is 5.39 Å². The maximum absolute atomic E-state index is 13.2. The van der Waals surface area contributed by atoms with Crippen LogP contribution in [0.15, 0.2) is 40.4 Å². The molecule has 1 fully saturated rings. The molecule has 3 aromatic rings. The Labute approximate surface area is 200 Å². The Morgan fingerprint density at radius 2 is 2.15 bits per heavy atom. The second-order valence-corrected chi connectivity index (χ2v) is 9.59. The molecule has 5 rings (SSSR count). The lowest BCUT2D eigenvalue weighted by molar-refractivity contribution is -0.121. The third kappa shape index (κ3) is 4.79. The Morgan fingerprint density at radius 3 is 2.97 bits per heavy atom. The van der Waals surface area contributed by atoms with Gasteiger partial charge in [-0.2, -0.15) is 5.10 Å². The molecule has 1 aromatic carbocycles. The fourth-order valence-electron chi connectivity index (χ4n) is 4.22. The van der Waals surface area contributed by atoms with E-state index >= 15 is 0 Å². The Balaban J connectivity index is 1.26. The highest BCUT2D eigenvalue weighted by Gasteiger charge is 2.29. The predicted molar refractivity (Wildman–Crippen MR) is 127 cm³/mol. The van der Waals surface area contributed by atoms with E-state index in [1.54, 1.807) is 21.4 Å². The molecule has 1 unspecified atom stereocenters. The maximum Gasteiger partial charge on any atom is 0.265 e. The average molecular weight is 489 g/mol. The molecule has 1 amide bonds. The van der Waals surface area contributed by atoms with Gasteiger partial charge >= 0.3 is 0 Å². The Kier molecular flexibility index (Phi) is 6.68. The topological polar surface area (TPSA) is 94.3 Å². The highest BCUT2D eigenvalue weighted by molar-refractivity contribution is 7.99.